The third-order valence-corrected chi connectivity index (χ3v) is 7.17. The minimum atomic E-state index is -1.40. The maximum Gasteiger partial charge on any atom is 0.185 e. The minimum Gasteiger partial charge on any atom is -0.351 e. The summed E-state index contributed by atoms with van der Waals surface area (Å²) in [5.41, 5.74) is 1.75. The Morgan fingerprint density at radius 2 is 1.81 bits per heavy atom. The first-order valence-corrected chi connectivity index (χ1v) is 11.1. The summed E-state index contributed by atoms with van der Waals surface area (Å²) in [6.45, 7) is 0. The monoisotopic (exact) mass is 441 g/mol. The van der Waals surface area contributed by atoms with E-state index in [1.165, 1.54) is 11.3 Å². The molecule has 0 radical (unpaired) electrons. The van der Waals surface area contributed by atoms with Crippen molar-refractivity contribution in [2.24, 2.45) is 5.41 Å². The first kappa shape index (κ1) is 19.6. The Labute approximate surface area is 189 Å². The number of thiophene rings is 1. The number of nitrogens with zero attached hydrogens (tertiary/aromatic N) is 3. The molecule has 4 nitrogen and oxygen atoms in total. The van der Waals surface area contributed by atoms with Crippen LogP contribution in [0.5, 0.6) is 0 Å². The second kappa shape index (κ2) is 7.39. The summed E-state index contributed by atoms with van der Waals surface area (Å²) in [4.78, 5) is 15.9. The van der Waals surface area contributed by atoms with Crippen LogP contribution >= 0.6 is 22.9 Å². The van der Waals surface area contributed by atoms with Gasteiger partial charge in [-0.05, 0) is 58.3 Å². The van der Waals surface area contributed by atoms with Crippen LogP contribution in [0.1, 0.15) is 27.4 Å². The van der Waals surface area contributed by atoms with Crippen LogP contribution in [0.25, 0.3) is 6.08 Å². The van der Waals surface area contributed by atoms with Gasteiger partial charge in [0.15, 0.2) is 11.2 Å². The topological polar surface area (TPSA) is 67.9 Å². The van der Waals surface area contributed by atoms with Gasteiger partial charge < -0.3 is 4.90 Å². The van der Waals surface area contributed by atoms with Crippen molar-refractivity contribution in [1.29, 1.82) is 10.5 Å². The van der Waals surface area contributed by atoms with Crippen LogP contribution in [-0.4, -0.2) is 17.9 Å². The number of carbonyl (C=O) groups excluding carboxylic acids is 1. The van der Waals surface area contributed by atoms with Crippen molar-refractivity contribution >= 4 is 40.5 Å². The number of hydrogen-bond acceptors (Lipinski definition) is 5. The van der Waals surface area contributed by atoms with Gasteiger partial charge in [0.2, 0.25) is 0 Å². The number of benzene rings is 2. The zero-order chi connectivity index (χ0) is 21.6. The van der Waals surface area contributed by atoms with E-state index in [1.807, 2.05) is 58.1 Å². The number of anilines is 1. The molecule has 0 amide bonds. The van der Waals surface area contributed by atoms with Gasteiger partial charge in [0.1, 0.15) is 6.04 Å². The predicted octanol–water partition coefficient (Wildman–Crippen LogP) is 5.69. The fourth-order valence-corrected chi connectivity index (χ4v) is 5.67. The van der Waals surface area contributed by atoms with Gasteiger partial charge in [-0.15, -0.1) is 0 Å². The first-order chi connectivity index (χ1) is 15.1. The van der Waals surface area contributed by atoms with Crippen LogP contribution < -0.4 is 4.90 Å². The molecule has 0 bridgehead atoms. The van der Waals surface area contributed by atoms with Crippen LogP contribution in [0.4, 0.5) is 5.69 Å². The number of rotatable bonds is 3. The highest BCUT2D eigenvalue weighted by Gasteiger charge is 2.63. The Kier molecular flexibility index (Phi) is 4.67. The minimum absolute atomic E-state index is 0.129. The SMILES string of the molecule is N#CC1(C#N)[C@@H](c2ccsc2)[C@H](C(=O)c2ccc(Cl)cc2)N2c3ccccc3C=C[C@@H]21. The Morgan fingerprint density at radius 1 is 1.06 bits per heavy atom. The van der Waals surface area contributed by atoms with Crippen molar-refractivity contribution in [2.75, 3.05) is 4.90 Å². The number of carbonyl (C=O) groups is 1. The molecular weight excluding hydrogens is 426 g/mol. The lowest BCUT2D eigenvalue weighted by molar-refractivity contribution is 0.0951. The van der Waals surface area contributed by atoms with Crippen LogP contribution in [0.3, 0.4) is 0 Å². The van der Waals surface area contributed by atoms with Crippen LogP contribution in [0.2, 0.25) is 5.02 Å². The van der Waals surface area contributed by atoms with E-state index in [1.54, 1.807) is 24.3 Å². The molecule has 2 aliphatic heterocycles. The number of halogens is 1. The number of ketones is 1. The van der Waals surface area contributed by atoms with Crippen molar-refractivity contribution in [1.82, 2.24) is 0 Å². The van der Waals surface area contributed by atoms with E-state index in [4.69, 9.17) is 11.6 Å². The van der Waals surface area contributed by atoms with Gasteiger partial charge in [0.05, 0.1) is 18.2 Å². The molecule has 1 aromatic heterocycles. The Morgan fingerprint density at radius 3 is 2.48 bits per heavy atom. The number of hydrogen-bond donors (Lipinski definition) is 0. The first-order valence-electron chi connectivity index (χ1n) is 9.80. The van der Waals surface area contributed by atoms with E-state index >= 15 is 0 Å². The lowest BCUT2D eigenvalue weighted by atomic mass is 9.69. The fraction of sp³-hybridized carbons (Fsp3) is 0.160. The molecule has 0 N–H and O–H groups in total. The largest absolute Gasteiger partial charge is 0.351 e. The molecule has 6 heteroatoms. The van der Waals surface area contributed by atoms with Crippen LogP contribution in [0, 0.1) is 28.1 Å². The molecule has 2 aliphatic rings. The van der Waals surface area contributed by atoms with E-state index in [0.717, 1.165) is 16.8 Å². The predicted molar refractivity (Wildman–Crippen MR) is 122 cm³/mol. The lowest BCUT2D eigenvalue weighted by Crippen LogP contribution is -2.44. The van der Waals surface area contributed by atoms with Gasteiger partial charge >= 0.3 is 0 Å². The average Bonchev–Trinajstić information content (AvgIpc) is 3.43. The summed E-state index contributed by atoms with van der Waals surface area (Å²) in [5, 5.41) is 25.0. The van der Waals surface area contributed by atoms with Gasteiger partial charge in [0.25, 0.3) is 0 Å². The van der Waals surface area contributed by atoms with Gasteiger partial charge in [0, 0.05) is 22.2 Å². The van der Waals surface area contributed by atoms with Crippen LogP contribution in [0.15, 0.2) is 71.4 Å². The molecule has 1 fully saturated rings. The highest BCUT2D eigenvalue weighted by atomic mass is 35.5. The van der Waals surface area contributed by atoms with Gasteiger partial charge in [-0.1, -0.05) is 42.0 Å². The number of nitriles is 2. The van der Waals surface area contributed by atoms with Crippen LogP contribution in [-0.2, 0) is 0 Å². The van der Waals surface area contributed by atoms with Crippen molar-refractivity contribution in [3.8, 4) is 12.1 Å². The van der Waals surface area contributed by atoms with Crippen molar-refractivity contribution in [3.63, 3.8) is 0 Å². The summed E-state index contributed by atoms with van der Waals surface area (Å²) in [6.07, 6.45) is 3.84. The zero-order valence-electron chi connectivity index (χ0n) is 16.3. The van der Waals surface area contributed by atoms with Gasteiger partial charge in [-0.3, -0.25) is 4.79 Å². The number of Topliss-reactive ketones (excluding diaryl/α,β-unsaturated/α-hetero) is 1. The molecule has 3 aromatic rings. The molecule has 3 atom stereocenters. The summed E-state index contributed by atoms with van der Waals surface area (Å²) >= 11 is 7.53. The Balaban J connectivity index is 1.77. The summed E-state index contributed by atoms with van der Waals surface area (Å²) in [6, 6.07) is 19.9. The second-order valence-electron chi connectivity index (χ2n) is 7.71. The van der Waals surface area contributed by atoms with E-state index in [-0.39, 0.29) is 5.78 Å². The molecule has 31 heavy (non-hydrogen) atoms. The van der Waals surface area contributed by atoms with Gasteiger partial charge in [-0.2, -0.15) is 21.9 Å². The molecule has 0 unspecified atom stereocenters. The highest BCUT2D eigenvalue weighted by molar-refractivity contribution is 7.08. The Bertz CT molecular complexity index is 1250. The Hall–Kier alpha value is -3.38. The maximum atomic E-state index is 13.9. The van der Waals surface area contributed by atoms with Crippen molar-refractivity contribution in [2.45, 2.75) is 18.0 Å². The molecule has 2 aromatic carbocycles. The zero-order valence-corrected chi connectivity index (χ0v) is 17.8. The normalized spacial score (nSPS) is 22.8. The van der Waals surface area contributed by atoms with Crippen molar-refractivity contribution < 1.29 is 4.79 Å². The second-order valence-corrected chi connectivity index (χ2v) is 8.93. The fourth-order valence-electron chi connectivity index (χ4n) is 4.84. The van der Waals surface area contributed by atoms with E-state index in [0.29, 0.717) is 10.6 Å². The van der Waals surface area contributed by atoms with E-state index < -0.39 is 23.4 Å². The molecule has 1 saturated heterocycles. The molecule has 5 rings (SSSR count). The summed E-state index contributed by atoms with van der Waals surface area (Å²) in [7, 11) is 0. The molecular formula is C25H16ClN3OS. The third kappa shape index (κ3) is 2.82. The lowest BCUT2D eigenvalue weighted by Gasteiger charge is -2.35. The molecule has 0 aliphatic carbocycles. The number of para-hydroxylation sites is 1. The van der Waals surface area contributed by atoms with E-state index in [2.05, 4.69) is 12.1 Å². The summed E-state index contributed by atoms with van der Waals surface area (Å²) < 4.78 is 0. The average molecular weight is 442 g/mol. The van der Waals surface area contributed by atoms with Gasteiger partial charge in [-0.25, -0.2) is 0 Å². The maximum absolute atomic E-state index is 13.9. The molecule has 3 heterocycles. The quantitative estimate of drug-likeness (QED) is 0.490. The van der Waals surface area contributed by atoms with E-state index in [9.17, 15) is 15.3 Å². The summed E-state index contributed by atoms with van der Waals surface area (Å²) in [5.74, 6) is -0.729. The molecule has 0 saturated carbocycles. The third-order valence-electron chi connectivity index (χ3n) is 6.21. The molecule has 0 spiro atoms. The standard InChI is InChI=1S/C25H16ClN3OS/c26-19-8-5-17(6-9-19)24(30)23-22(18-11-12-31-13-18)25(14-27,15-28)21-10-7-16-3-1-2-4-20(16)29(21)23/h1-13,21-23H/t21-,22+,23-/m1/s1. The highest BCUT2D eigenvalue weighted by Crippen LogP contribution is 2.55. The smallest absolute Gasteiger partial charge is 0.185 e. The molecule has 150 valence electrons. The van der Waals surface area contributed by atoms with Crippen molar-refractivity contribution in [3.05, 3.63) is 93.1 Å². The number of fused-ring (bicyclic) bond motifs is 3.